The molecule has 0 saturated heterocycles. The summed E-state index contributed by atoms with van der Waals surface area (Å²) in [7, 11) is 4.43. The van der Waals surface area contributed by atoms with E-state index >= 15 is 0 Å². The first-order chi connectivity index (χ1) is 15.6. The van der Waals surface area contributed by atoms with E-state index in [1.54, 1.807) is 26.4 Å². The van der Waals surface area contributed by atoms with E-state index in [0.29, 0.717) is 31.5 Å². The predicted molar refractivity (Wildman–Crippen MR) is 128 cm³/mol. The van der Waals surface area contributed by atoms with Crippen LogP contribution >= 0.6 is 45.9 Å². The number of methoxy groups -OCH3 is 3. The van der Waals surface area contributed by atoms with Crippen LogP contribution < -0.4 is 9.47 Å². The summed E-state index contributed by atoms with van der Waals surface area (Å²) >= 11 is 14.2. The van der Waals surface area contributed by atoms with Crippen LogP contribution in [-0.2, 0) is 4.74 Å². The van der Waals surface area contributed by atoms with Crippen molar-refractivity contribution in [1.82, 2.24) is 0 Å². The van der Waals surface area contributed by atoms with Gasteiger partial charge in [-0.15, -0.1) is 22.7 Å². The molecule has 2 heterocycles. The first-order valence-electron chi connectivity index (χ1n) is 8.92. The lowest BCUT2D eigenvalue weighted by Gasteiger charge is -2.06. The Balaban J connectivity index is 0.000000189. The van der Waals surface area contributed by atoms with Gasteiger partial charge in [-0.25, -0.2) is 9.59 Å². The second-order valence-electron chi connectivity index (χ2n) is 6.33. The van der Waals surface area contributed by atoms with E-state index < -0.39 is 11.9 Å². The number of aromatic carboxylic acids is 1. The molecule has 0 fully saturated rings. The third kappa shape index (κ3) is 4.74. The molecule has 4 rings (SSSR count). The van der Waals surface area contributed by atoms with Gasteiger partial charge in [-0.1, -0.05) is 23.2 Å². The molecule has 0 saturated carbocycles. The van der Waals surface area contributed by atoms with Crippen LogP contribution in [0.3, 0.4) is 0 Å². The summed E-state index contributed by atoms with van der Waals surface area (Å²) in [5.74, 6) is -1.02. The molecule has 0 spiro atoms. The third-order valence-electron chi connectivity index (χ3n) is 4.42. The number of rotatable bonds is 4. The van der Waals surface area contributed by atoms with E-state index in [2.05, 4.69) is 4.74 Å². The van der Waals surface area contributed by atoms with Crippen LogP contribution in [0.1, 0.15) is 19.3 Å². The number of esters is 1. The Morgan fingerprint density at radius 1 is 0.788 bits per heavy atom. The van der Waals surface area contributed by atoms with Gasteiger partial charge in [-0.2, -0.15) is 0 Å². The van der Waals surface area contributed by atoms with E-state index in [0.717, 1.165) is 21.4 Å². The summed E-state index contributed by atoms with van der Waals surface area (Å²) in [4.78, 5) is 22.7. The topological polar surface area (TPSA) is 123 Å². The maximum Gasteiger partial charge on any atom is 0.349 e. The molecule has 2 aromatic carbocycles. The lowest BCUT2D eigenvalue weighted by atomic mass is 10.2. The Bertz CT molecular complexity index is 1380. The zero-order valence-electron chi connectivity index (χ0n) is 17.3. The molecule has 174 valence electrons. The van der Waals surface area contributed by atoms with Crippen molar-refractivity contribution in [2.24, 2.45) is 0 Å². The molecule has 2 aromatic heterocycles. The van der Waals surface area contributed by atoms with E-state index in [1.807, 2.05) is 0 Å². The number of carboxylic acid groups (broad SMARTS) is 1. The van der Waals surface area contributed by atoms with Crippen LogP contribution in [0.2, 0.25) is 10.0 Å². The SMILES string of the molecule is COC(=O)c1sc2cc(OC)c(OC)cc2c1Cl.O=C(O)c1sc2cc(O)c(O)cc2c1Cl. The number of phenols is 2. The van der Waals surface area contributed by atoms with Gasteiger partial charge in [0.2, 0.25) is 0 Å². The minimum atomic E-state index is -1.12. The highest BCUT2D eigenvalue weighted by Gasteiger charge is 2.20. The van der Waals surface area contributed by atoms with E-state index in [9.17, 15) is 19.8 Å². The van der Waals surface area contributed by atoms with Crippen LogP contribution in [0.15, 0.2) is 24.3 Å². The van der Waals surface area contributed by atoms with E-state index in [1.165, 1.54) is 30.6 Å². The highest BCUT2D eigenvalue weighted by atomic mass is 35.5. The number of aromatic hydroxyl groups is 2. The first-order valence-corrected chi connectivity index (χ1v) is 11.3. The van der Waals surface area contributed by atoms with Gasteiger partial charge in [-0.05, 0) is 12.1 Å². The number of carbonyl (C=O) groups excluding carboxylic acids is 1. The van der Waals surface area contributed by atoms with Gasteiger partial charge in [0.25, 0.3) is 0 Å². The predicted octanol–water partition coefficient (Wildman–Crippen LogP) is 6.02. The highest BCUT2D eigenvalue weighted by Crippen LogP contribution is 2.42. The van der Waals surface area contributed by atoms with Gasteiger partial charge >= 0.3 is 11.9 Å². The number of hydrogen-bond acceptors (Lipinski definition) is 9. The Labute approximate surface area is 205 Å². The minimum Gasteiger partial charge on any atom is -0.504 e. The average molecular weight is 531 g/mol. The summed E-state index contributed by atoms with van der Waals surface area (Å²) in [6.45, 7) is 0. The van der Waals surface area contributed by atoms with Crippen molar-refractivity contribution in [3.8, 4) is 23.0 Å². The molecule has 0 aliphatic heterocycles. The summed E-state index contributed by atoms with van der Waals surface area (Å²) < 4.78 is 16.5. The van der Waals surface area contributed by atoms with Gasteiger partial charge in [0.15, 0.2) is 23.0 Å². The molecule has 8 nitrogen and oxygen atoms in total. The first kappa shape index (κ1) is 24.7. The molecular formula is C21H16Cl2O8S2. The number of carboxylic acids is 1. The fourth-order valence-electron chi connectivity index (χ4n) is 2.85. The van der Waals surface area contributed by atoms with Gasteiger partial charge in [-0.3, -0.25) is 0 Å². The molecule has 12 heteroatoms. The smallest absolute Gasteiger partial charge is 0.349 e. The fraction of sp³-hybridized carbons (Fsp3) is 0.143. The minimum absolute atomic E-state index is 0.00309. The van der Waals surface area contributed by atoms with Crippen molar-refractivity contribution >= 4 is 78.0 Å². The lowest BCUT2D eigenvalue weighted by Crippen LogP contribution is -1.97. The number of benzene rings is 2. The maximum absolute atomic E-state index is 11.6. The van der Waals surface area contributed by atoms with Crippen LogP contribution in [0.4, 0.5) is 0 Å². The molecule has 0 atom stereocenters. The number of thiophene rings is 2. The van der Waals surface area contributed by atoms with Crippen molar-refractivity contribution in [3.63, 3.8) is 0 Å². The summed E-state index contributed by atoms with van der Waals surface area (Å²) in [5, 5.41) is 28.9. The van der Waals surface area contributed by atoms with Crippen molar-refractivity contribution in [2.75, 3.05) is 21.3 Å². The molecule has 0 unspecified atom stereocenters. The average Bonchev–Trinajstić information content (AvgIpc) is 3.29. The molecule has 0 radical (unpaired) electrons. The van der Waals surface area contributed by atoms with Gasteiger partial charge in [0.05, 0.1) is 31.4 Å². The van der Waals surface area contributed by atoms with Gasteiger partial charge in [0.1, 0.15) is 9.75 Å². The van der Waals surface area contributed by atoms with Gasteiger partial charge in [0, 0.05) is 32.3 Å². The molecule has 0 amide bonds. The normalized spacial score (nSPS) is 10.6. The zero-order valence-corrected chi connectivity index (χ0v) is 20.4. The van der Waals surface area contributed by atoms with Crippen molar-refractivity contribution < 1.29 is 39.1 Å². The molecule has 3 N–H and O–H groups in total. The Morgan fingerprint density at radius 3 is 1.85 bits per heavy atom. The third-order valence-corrected chi connectivity index (χ3v) is 7.71. The van der Waals surface area contributed by atoms with E-state index in [4.69, 9.17) is 37.8 Å². The lowest BCUT2D eigenvalue weighted by molar-refractivity contribution is 0.0605. The van der Waals surface area contributed by atoms with Crippen molar-refractivity contribution in [1.29, 1.82) is 0 Å². The second-order valence-corrected chi connectivity index (χ2v) is 9.19. The molecule has 0 aliphatic carbocycles. The highest BCUT2D eigenvalue weighted by molar-refractivity contribution is 7.22. The van der Waals surface area contributed by atoms with Crippen LogP contribution in [0, 0.1) is 0 Å². The van der Waals surface area contributed by atoms with Crippen molar-refractivity contribution in [2.45, 2.75) is 0 Å². The number of hydrogen-bond donors (Lipinski definition) is 3. The van der Waals surface area contributed by atoms with Crippen molar-refractivity contribution in [3.05, 3.63) is 44.1 Å². The Kier molecular flexibility index (Phi) is 7.43. The maximum atomic E-state index is 11.6. The monoisotopic (exact) mass is 530 g/mol. The van der Waals surface area contributed by atoms with Crippen LogP contribution in [-0.4, -0.2) is 48.6 Å². The summed E-state index contributed by atoms with van der Waals surface area (Å²) in [6.07, 6.45) is 0. The van der Waals surface area contributed by atoms with E-state index in [-0.39, 0.29) is 21.4 Å². The zero-order chi connectivity index (χ0) is 24.4. The largest absolute Gasteiger partial charge is 0.504 e. The molecule has 0 aliphatic rings. The summed E-state index contributed by atoms with van der Waals surface area (Å²) in [6, 6.07) is 6.07. The van der Waals surface area contributed by atoms with Gasteiger partial charge < -0.3 is 29.5 Å². The molecule has 4 aromatic rings. The summed E-state index contributed by atoms with van der Waals surface area (Å²) in [5.41, 5.74) is 0. The van der Waals surface area contributed by atoms with Crippen LogP contribution in [0.5, 0.6) is 23.0 Å². The number of ether oxygens (including phenoxy) is 3. The molecule has 0 bridgehead atoms. The standard InChI is InChI=1S/C12H11ClO4S.C9H5ClO4S/c1-15-7-4-6-9(5-8(7)16-2)18-11(10(6)13)12(14)17-3;10-7-3-1-4(11)5(12)2-6(3)15-8(7)9(13)14/h4-5H,1-3H3;1-2,11-12H,(H,13,14). The van der Waals surface area contributed by atoms with Crippen LogP contribution in [0.25, 0.3) is 20.2 Å². The Hall–Kier alpha value is -2.92. The number of phenolic OH excluding ortho intramolecular Hbond substituents is 2. The molecule has 33 heavy (non-hydrogen) atoms. The Morgan fingerprint density at radius 2 is 1.27 bits per heavy atom. The second kappa shape index (κ2) is 9.92. The fourth-order valence-corrected chi connectivity index (χ4v) is 5.63. The number of carbonyl (C=O) groups is 2. The quantitative estimate of drug-likeness (QED) is 0.216. The number of halogens is 2. The number of fused-ring (bicyclic) bond motifs is 2. The molecular weight excluding hydrogens is 515 g/mol.